The number of aliphatic hydroxyl groups is 3. The van der Waals surface area contributed by atoms with Gasteiger partial charge in [0.25, 0.3) is 5.56 Å². The first-order valence-electron chi connectivity index (χ1n) is 5.84. The van der Waals surface area contributed by atoms with Crippen molar-refractivity contribution in [3.05, 3.63) is 34.9 Å². The maximum atomic E-state index is 12.2. The predicted octanol–water partition coefficient (Wildman–Crippen LogP) is -0.794. The van der Waals surface area contributed by atoms with Gasteiger partial charge in [0.1, 0.15) is 18.3 Å². The van der Waals surface area contributed by atoms with Gasteiger partial charge in [-0.3, -0.25) is 9.36 Å². The highest BCUT2D eigenvalue weighted by Crippen LogP contribution is 2.28. The molecular weight excluding hydrogens is 254 g/mol. The van der Waals surface area contributed by atoms with Crippen molar-refractivity contribution in [2.45, 2.75) is 24.5 Å². The van der Waals surface area contributed by atoms with Crippen LogP contribution in [0.5, 0.6) is 0 Å². The van der Waals surface area contributed by atoms with Gasteiger partial charge in [-0.15, -0.1) is 0 Å². The zero-order chi connectivity index (χ0) is 13.6. The lowest BCUT2D eigenvalue weighted by Crippen LogP contribution is -2.35. The van der Waals surface area contributed by atoms with Gasteiger partial charge in [-0.1, -0.05) is 0 Å². The Hall–Kier alpha value is -1.67. The monoisotopic (exact) mass is 267 g/mol. The number of nitrogens with zero attached hydrogens (tertiary/aromatic N) is 1. The van der Waals surface area contributed by atoms with Crippen LogP contribution in [-0.4, -0.2) is 44.8 Å². The van der Waals surface area contributed by atoms with Gasteiger partial charge in [-0.25, -0.2) is 0 Å². The van der Waals surface area contributed by atoms with E-state index in [1.165, 1.54) is 12.5 Å². The Morgan fingerprint density at radius 1 is 1.26 bits per heavy atom. The lowest BCUT2D eigenvalue weighted by atomic mass is 10.1. The smallest absolute Gasteiger partial charge is 0.296 e. The van der Waals surface area contributed by atoms with E-state index in [1.54, 1.807) is 12.1 Å². The quantitative estimate of drug-likeness (QED) is 0.658. The second-order valence-electron chi connectivity index (χ2n) is 4.46. The number of ether oxygens (including phenoxy) is 1. The number of aromatic nitrogens is 1. The van der Waals surface area contributed by atoms with Gasteiger partial charge in [-0.2, -0.15) is 0 Å². The van der Waals surface area contributed by atoms with Crippen LogP contribution >= 0.6 is 0 Å². The zero-order valence-corrected chi connectivity index (χ0v) is 9.84. The van der Waals surface area contributed by atoms with Gasteiger partial charge in [0.15, 0.2) is 11.8 Å². The highest BCUT2D eigenvalue weighted by Gasteiger charge is 2.43. The Kier molecular flexibility index (Phi) is 2.90. The van der Waals surface area contributed by atoms with Gasteiger partial charge in [0.2, 0.25) is 0 Å². The first-order valence-corrected chi connectivity index (χ1v) is 5.84. The van der Waals surface area contributed by atoms with Crippen molar-refractivity contribution in [3.8, 4) is 0 Å². The summed E-state index contributed by atoms with van der Waals surface area (Å²) in [5.41, 5.74) is -0.308. The standard InChI is InChI=1S/C12H13NO6/c14-5-7-8(15)9(16)12(19-7)13-3-1-6-2-4-18-10(6)11(13)17/h1-4,7-9,12,14-16H,5H2/t7-,8-,9-,12?/m1/s1. The normalized spacial score (nSPS) is 31.1. The molecule has 7 heteroatoms. The number of fused-ring (bicyclic) bond motifs is 1. The Labute approximate surface area is 107 Å². The molecule has 1 aliphatic heterocycles. The van der Waals surface area contributed by atoms with E-state index in [-0.39, 0.29) is 5.58 Å². The Balaban J connectivity index is 2.05. The van der Waals surface area contributed by atoms with Crippen LogP contribution < -0.4 is 5.56 Å². The first-order chi connectivity index (χ1) is 9.13. The average molecular weight is 267 g/mol. The molecule has 0 bridgehead atoms. The summed E-state index contributed by atoms with van der Waals surface area (Å²) in [7, 11) is 0. The summed E-state index contributed by atoms with van der Waals surface area (Å²) in [4.78, 5) is 12.2. The van der Waals surface area contributed by atoms with Crippen molar-refractivity contribution < 1.29 is 24.5 Å². The van der Waals surface area contributed by atoms with Crippen LogP contribution in [0.3, 0.4) is 0 Å². The van der Waals surface area contributed by atoms with E-state index in [0.29, 0.717) is 5.39 Å². The molecule has 4 atom stereocenters. The molecule has 1 aliphatic rings. The van der Waals surface area contributed by atoms with Gasteiger partial charge in [0, 0.05) is 11.6 Å². The molecule has 102 valence electrons. The van der Waals surface area contributed by atoms with Crippen LogP contribution in [0.25, 0.3) is 11.0 Å². The highest BCUT2D eigenvalue weighted by molar-refractivity contribution is 5.75. The maximum absolute atomic E-state index is 12.2. The molecule has 0 radical (unpaired) electrons. The van der Waals surface area contributed by atoms with Crippen molar-refractivity contribution in [2.75, 3.05) is 6.61 Å². The van der Waals surface area contributed by atoms with Crippen molar-refractivity contribution in [2.24, 2.45) is 0 Å². The van der Waals surface area contributed by atoms with Crippen LogP contribution in [0.1, 0.15) is 6.23 Å². The van der Waals surface area contributed by atoms with E-state index in [1.807, 2.05) is 0 Å². The first kappa shape index (κ1) is 12.4. The summed E-state index contributed by atoms with van der Waals surface area (Å²) < 4.78 is 11.5. The largest absolute Gasteiger partial charge is 0.459 e. The van der Waals surface area contributed by atoms with Crippen molar-refractivity contribution in [1.29, 1.82) is 0 Å². The summed E-state index contributed by atoms with van der Waals surface area (Å²) in [6.45, 7) is -0.438. The second kappa shape index (κ2) is 4.46. The molecule has 1 unspecified atom stereocenters. The van der Waals surface area contributed by atoms with E-state index in [9.17, 15) is 15.0 Å². The van der Waals surface area contributed by atoms with Crippen LogP contribution in [0.4, 0.5) is 0 Å². The topological polar surface area (TPSA) is 105 Å². The van der Waals surface area contributed by atoms with Gasteiger partial charge < -0.3 is 24.5 Å². The second-order valence-corrected chi connectivity index (χ2v) is 4.46. The Morgan fingerprint density at radius 3 is 2.74 bits per heavy atom. The molecular formula is C12H13NO6. The van der Waals surface area contributed by atoms with Gasteiger partial charge in [-0.05, 0) is 12.1 Å². The molecule has 0 spiro atoms. The summed E-state index contributed by atoms with van der Waals surface area (Å²) in [5, 5.41) is 29.2. The van der Waals surface area contributed by atoms with E-state index in [0.717, 1.165) is 4.57 Å². The van der Waals surface area contributed by atoms with Crippen LogP contribution in [0.2, 0.25) is 0 Å². The summed E-state index contributed by atoms with van der Waals surface area (Å²) in [6, 6.07) is 3.30. The zero-order valence-electron chi connectivity index (χ0n) is 9.84. The molecule has 3 heterocycles. The van der Waals surface area contributed by atoms with Gasteiger partial charge >= 0.3 is 0 Å². The molecule has 1 saturated heterocycles. The van der Waals surface area contributed by atoms with E-state index in [4.69, 9.17) is 14.3 Å². The average Bonchev–Trinajstić information content (AvgIpc) is 2.98. The van der Waals surface area contributed by atoms with Crippen molar-refractivity contribution in [1.82, 2.24) is 4.57 Å². The van der Waals surface area contributed by atoms with E-state index < -0.39 is 36.7 Å². The van der Waals surface area contributed by atoms with Crippen molar-refractivity contribution in [3.63, 3.8) is 0 Å². The van der Waals surface area contributed by atoms with E-state index in [2.05, 4.69) is 0 Å². The molecule has 0 saturated carbocycles. The number of aliphatic hydroxyl groups excluding tert-OH is 3. The summed E-state index contributed by atoms with van der Waals surface area (Å²) in [6.07, 6.45) is -1.64. The fourth-order valence-corrected chi connectivity index (χ4v) is 2.28. The lowest BCUT2D eigenvalue weighted by Gasteiger charge is -2.17. The fraction of sp³-hybridized carbons (Fsp3) is 0.417. The number of hydrogen-bond acceptors (Lipinski definition) is 6. The molecule has 1 fully saturated rings. The number of pyridine rings is 1. The lowest BCUT2D eigenvalue weighted by molar-refractivity contribution is -0.0542. The van der Waals surface area contributed by atoms with E-state index >= 15 is 0 Å². The summed E-state index contributed by atoms with van der Waals surface area (Å²) >= 11 is 0. The minimum absolute atomic E-state index is 0.153. The molecule has 3 rings (SSSR count). The SMILES string of the molecule is O=c1c2occc2ccn1C1O[C@H](CO)[C@@H](O)[C@H]1O. The number of hydrogen-bond donors (Lipinski definition) is 3. The van der Waals surface area contributed by atoms with Crippen LogP contribution in [0.15, 0.2) is 33.8 Å². The van der Waals surface area contributed by atoms with Crippen LogP contribution in [0, 0.1) is 0 Å². The highest BCUT2D eigenvalue weighted by atomic mass is 16.6. The minimum atomic E-state index is -1.29. The van der Waals surface area contributed by atoms with Gasteiger partial charge in [0.05, 0.1) is 12.9 Å². The summed E-state index contributed by atoms with van der Waals surface area (Å²) in [5.74, 6) is 0. The molecule has 0 aliphatic carbocycles. The maximum Gasteiger partial charge on any atom is 0.296 e. The third-order valence-electron chi connectivity index (χ3n) is 3.33. The molecule has 2 aromatic rings. The molecule has 3 N–H and O–H groups in total. The molecule has 0 aromatic carbocycles. The number of rotatable bonds is 2. The van der Waals surface area contributed by atoms with Crippen LogP contribution in [-0.2, 0) is 4.74 Å². The molecule has 19 heavy (non-hydrogen) atoms. The fourth-order valence-electron chi connectivity index (χ4n) is 2.28. The molecule has 7 nitrogen and oxygen atoms in total. The molecule has 2 aromatic heterocycles. The third-order valence-corrected chi connectivity index (χ3v) is 3.33. The van der Waals surface area contributed by atoms with Crippen molar-refractivity contribution >= 4 is 11.0 Å². The Morgan fingerprint density at radius 2 is 2.05 bits per heavy atom. The number of furan rings is 1. The predicted molar refractivity (Wildman–Crippen MR) is 63.5 cm³/mol. The Bertz CT molecular complexity index is 647. The third kappa shape index (κ3) is 1.79. The minimum Gasteiger partial charge on any atom is -0.459 e. The molecule has 0 amide bonds.